The number of ketones is 1. The van der Waals surface area contributed by atoms with Gasteiger partial charge in [0.05, 0.1) is 25.9 Å². The minimum Gasteiger partial charge on any atom is -0.496 e. The zero-order chi connectivity index (χ0) is 49.2. The third-order valence-electron chi connectivity index (χ3n) is 20.0. The summed E-state index contributed by atoms with van der Waals surface area (Å²) >= 11 is 0. The van der Waals surface area contributed by atoms with Gasteiger partial charge in [-0.3, -0.25) is 24.2 Å². The van der Waals surface area contributed by atoms with Crippen LogP contribution in [0.3, 0.4) is 0 Å². The van der Waals surface area contributed by atoms with Gasteiger partial charge in [-0.15, -0.1) is 0 Å². The maximum atomic E-state index is 15.5. The van der Waals surface area contributed by atoms with Crippen molar-refractivity contribution in [3.63, 3.8) is 0 Å². The van der Waals surface area contributed by atoms with E-state index in [1.165, 1.54) is 7.11 Å². The Hall–Kier alpha value is -4.31. The summed E-state index contributed by atoms with van der Waals surface area (Å²) < 4.78 is 12.5. The van der Waals surface area contributed by atoms with E-state index in [-0.39, 0.29) is 28.6 Å². The topological polar surface area (TPSA) is 180 Å². The second kappa shape index (κ2) is 16.9. The van der Waals surface area contributed by atoms with E-state index < -0.39 is 51.5 Å². The van der Waals surface area contributed by atoms with Gasteiger partial charge < -0.3 is 45.3 Å². The Bertz CT molecular complexity index is 2600. The first-order valence-corrected chi connectivity index (χ1v) is 26.4. The van der Waals surface area contributed by atoms with Crippen molar-refractivity contribution in [2.24, 2.45) is 22.2 Å². The maximum absolute atomic E-state index is 15.5. The highest BCUT2D eigenvalue weighted by atomic mass is 16.5. The van der Waals surface area contributed by atoms with Crippen LogP contribution in [0.5, 0.6) is 5.75 Å². The second-order valence-corrected chi connectivity index (χ2v) is 23.9. The molecule has 2 saturated heterocycles. The predicted octanol–water partition coefficient (Wildman–Crippen LogP) is 4.88. The maximum Gasteiger partial charge on any atom is 0.322 e. The number of aliphatic hydroxyl groups excluding tert-OH is 1. The normalized spacial score (nSPS) is 39.3. The number of rotatable bonds is 12. The molecule has 1 spiro atoms. The first-order valence-electron chi connectivity index (χ1n) is 26.4. The molecule has 1 amide bonds. The van der Waals surface area contributed by atoms with Crippen LogP contribution in [0.15, 0.2) is 48.6 Å². The lowest BCUT2D eigenvalue weighted by atomic mass is 9.47. The zero-order valence-corrected chi connectivity index (χ0v) is 42.3. The number of carbonyl (C=O) groups is 3. The number of H-pyrrole nitrogens is 1. The molecule has 70 heavy (non-hydrogen) atoms. The number of amides is 1. The van der Waals surface area contributed by atoms with E-state index in [2.05, 4.69) is 62.7 Å². The molecule has 6 N–H and O–H groups in total. The summed E-state index contributed by atoms with van der Waals surface area (Å²) in [4.78, 5) is 53.2. The van der Waals surface area contributed by atoms with Crippen molar-refractivity contribution in [2.75, 3.05) is 78.5 Å². The third kappa shape index (κ3) is 6.81. The number of piperidine rings is 1. The van der Waals surface area contributed by atoms with E-state index in [9.17, 15) is 20.1 Å². The van der Waals surface area contributed by atoms with E-state index in [1.54, 1.807) is 14.0 Å². The van der Waals surface area contributed by atoms with Gasteiger partial charge in [0, 0.05) is 110 Å². The molecule has 9 aliphatic rings. The number of Topliss-reactive ketones (excluding diaryl/α,β-unsaturated/α-hetero) is 1. The summed E-state index contributed by atoms with van der Waals surface area (Å²) in [5, 5.41) is 46.7. The van der Waals surface area contributed by atoms with Crippen LogP contribution >= 0.6 is 0 Å². The molecular weight excluding hydrogens is 885 g/mol. The van der Waals surface area contributed by atoms with Crippen LogP contribution < -0.4 is 20.3 Å². The van der Waals surface area contributed by atoms with Crippen LogP contribution in [0.1, 0.15) is 114 Å². The molecule has 0 radical (unpaired) electrons. The number of aromatic nitrogens is 1. The number of aliphatic hydroxyl groups is 3. The van der Waals surface area contributed by atoms with E-state index in [4.69, 9.17) is 9.47 Å². The van der Waals surface area contributed by atoms with Gasteiger partial charge in [0.1, 0.15) is 23.1 Å². The van der Waals surface area contributed by atoms with Crippen molar-refractivity contribution in [2.45, 2.75) is 138 Å². The molecule has 14 nitrogen and oxygen atoms in total. The number of para-hydroxylation sites is 1. The summed E-state index contributed by atoms with van der Waals surface area (Å²) in [7, 11) is 5.03. The first kappa shape index (κ1) is 48.0. The van der Waals surface area contributed by atoms with Gasteiger partial charge >= 0.3 is 5.97 Å². The fraction of sp³-hybridized carbons (Fsp3) is 0.661. The third-order valence-corrected chi connectivity index (χ3v) is 20.0. The molecule has 14 heteroatoms. The summed E-state index contributed by atoms with van der Waals surface area (Å²) in [6.45, 7) is 11.0. The summed E-state index contributed by atoms with van der Waals surface area (Å²) in [6.07, 6.45) is 12.0. The summed E-state index contributed by atoms with van der Waals surface area (Å²) in [5.41, 5.74) is -1.26. The van der Waals surface area contributed by atoms with E-state index >= 15 is 9.59 Å². The Morgan fingerprint density at radius 3 is 2.36 bits per heavy atom. The number of anilines is 1. The van der Waals surface area contributed by atoms with Crippen LogP contribution in [0, 0.1) is 22.2 Å². The fourth-order valence-corrected chi connectivity index (χ4v) is 16.8. The highest BCUT2D eigenvalue weighted by Crippen LogP contribution is 2.68. The Labute approximate surface area is 412 Å². The Morgan fingerprint density at radius 2 is 1.66 bits per heavy atom. The summed E-state index contributed by atoms with van der Waals surface area (Å²) in [5.74, 6) is -0.375. The van der Waals surface area contributed by atoms with E-state index in [0.29, 0.717) is 95.7 Å². The lowest BCUT2D eigenvalue weighted by Gasteiger charge is -2.63. The van der Waals surface area contributed by atoms with Crippen molar-refractivity contribution in [1.82, 2.24) is 25.4 Å². The summed E-state index contributed by atoms with van der Waals surface area (Å²) in [6, 6.07) is 11.2. The van der Waals surface area contributed by atoms with E-state index in [1.807, 2.05) is 37.1 Å². The zero-order valence-electron chi connectivity index (χ0n) is 42.3. The Balaban J connectivity index is 1.04. The van der Waals surface area contributed by atoms with Gasteiger partial charge in [-0.2, -0.15) is 0 Å². The molecule has 5 unspecified atom stereocenters. The Morgan fingerprint density at radius 1 is 0.929 bits per heavy atom. The molecule has 1 aromatic heterocycles. The molecule has 4 saturated carbocycles. The van der Waals surface area contributed by atoms with Crippen molar-refractivity contribution in [1.29, 1.82) is 0 Å². The largest absolute Gasteiger partial charge is 0.496 e. The van der Waals surface area contributed by atoms with Gasteiger partial charge in [0.2, 0.25) is 0 Å². The number of nitrogens with zero attached hydrogens (tertiary/aromatic N) is 3. The number of methoxy groups -OCH3 is 2. The number of nitrogens with one attached hydrogen (secondary N) is 3. The number of benzene rings is 2. The van der Waals surface area contributed by atoms with Crippen LogP contribution in [-0.2, 0) is 36.4 Å². The monoisotopic (exact) mass is 961 g/mol. The minimum absolute atomic E-state index is 0.0952. The van der Waals surface area contributed by atoms with Gasteiger partial charge in [0.25, 0.3) is 5.91 Å². The first-order chi connectivity index (χ1) is 33.5. The molecule has 4 aliphatic carbocycles. The van der Waals surface area contributed by atoms with Crippen LogP contribution in [-0.4, -0.2) is 151 Å². The molecular formula is C56H76N6O8. The van der Waals surface area contributed by atoms with Crippen molar-refractivity contribution >= 4 is 34.3 Å². The molecule has 3 aromatic rings. The number of aromatic amines is 1. The molecule has 4 bridgehead atoms. The molecule has 10 atom stereocenters. The second-order valence-electron chi connectivity index (χ2n) is 23.9. The van der Waals surface area contributed by atoms with Crippen molar-refractivity contribution < 1.29 is 39.2 Å². The van der Waals surface area contributed by atoms with Gasteiger partial charge in [-0.1, -0.05) is 37.3 Å². The minimum atomic E-state index is -2.24. The number of ether oxygens (including phenoxy) is 2. The molecule has 2 aromatic carbocycles. The SMILES string of the molecule is CC[C@]12C=CCN3CCC4(c5cc([C@]6(C(=O)OC)CC7CN(CCc8c6[nH]c6ccccc86)C[C@@](C)(O)C7)c(OC)cc5N(C)C4[C@@](O)(C(=O)NCC45CCC(CNCCC(C)=O)(CC4)CC5)[C@@H]1O)C32. The number of fused-ring (bicyclic) bond motifs is 9. The lowest BCUT2D eigenvalue weighted by molar-refractivity contribution is -0.204. The number of carbonyl (C=O) groups excluding carboxylic acids is 3. The Kier molecular flexibility index (Phi) is 11.6. The van der Waals surface area contributed by atoms with Crippen molar-refractivity contribution in [3.05, 3.63) is 70.9 Å². The van der Waals surface area contributed by atoms with Crippen molar-refractivity contribution in [3.8, 4) is 5.75 Å². The standard InChI is InChI=1S/C56H76N6O8/c1-7-53-15-10-24-62-26-22-54(45(53)62)39-27-40(55(49(66)70-6)30-36-29-50(3,67)34-61(31-36)25-14-38-37-11-8-9-12-41(37)59-44(38)55)43(69-5)28-42(39)60(4)46(54)56(68,47(53)64)48(65)58-33-52-19-16-51(17-20-52,18-21-52)32-57-23-13-35(2)63/h8-12,15,27-28,36,45-47,57,59,64,67-68H,7,13-14,16-26,29-34H2,1-6H3,(H,58,65)/t36?,45?,46?,47-,50+,51?,52?,53-,54?,55-,56+/m1/s1. The quantitative estimate of drug-likeness (QED) is 0.0825. The highest BCUT2D eigenvalue weighted by Gasteiger charge is 2.79. The number of hydrogen-bond donors (Lipinski definition) is 6. The molecule has 6 fully saturated rings. The fourth-order valence-electron chi connectivity index (χ4n) is 16.8. The average molecular weight is 961 g/mol. The van der Waals surface area contributed by atoms with Gasteiger partial charge in [-0.25, -0.2) is 0 Å². The van der Waals surface area contributed by atoms with E-state index in [0.717, 1.165) is 78.5 Å². The predicted molar refractivity (Wildman–Crippen MR) is 268 cm³/mol. The number of hydrogen-bond acceptors (Lipinski definition) is 12. The lowest BCUT2D eigenvalue weighted by Crippen LogP contribution is -2.82. The average Bonchev–Trinajstić information content (AvgIpc) is 4.02. The molecule has 5 aliphatic heterocycles. The molecule has 6 heterocycles. The number of likely N-dealkylation sites (N-methyl/N-ethyl adjacent to an activating group) is 1. The van der Waals surface area contributed by atoms with Crippen LogP contribution in [0.25, 0.3) is 10.9 Å². The van der Waals surface area contributed by atoms with Gasteiger partial charge in [-0.05, 0) is 131 Å². The molecule has 378 valence electrons. The van der Waals surface area contributed by atoms with Crippen LogP contribution in [0.4, 0.5) is 5.69 Å². The number of esters is 1. The molecule has 12 rings (SSSR count). The smallest absolute Gasteiger partial charge is 0.322 e. The van der Waals surface area contributed by atoms with Crippen LogP contribution in [0.2, 0.25) is 0 Å². The van der Waals surface area contributed by atoms with Gasteiger partial charge in [0.15, 0.2) is 5.60 Å². The highest BCUT2D eigenvalue weighted by molar-refractivity contribution is 5.95.